The highest BCUT2D eigenvalue weighted by atomic mass is 35.5. The van der Waals surface area contributed by atoms with Crippen molar-refractivity contribution in [2.24, 2.45) is 5.92 Å². The highest BCUT2D eigenvalue weighted by molar-refractivity contribution is 7.99. The van der Waals surface area contributed by atoms with Crippen LogP contribution in [0, 0.1) is 12.8 Å². The Morgan fingerprint density at radius 1 is 1.29 bits per heavy atom. The monoisotopic (exact) mass is 369 g/mol. The lowest BCUT2D eigenvalue weighted by Crippen LogP contribution is -2.37. The van der Waals surface area contributed by atoms with Gasteiger partial charge in [0.1, 0.15) is 0 Å². The zero-order valence-corrected chi connectivity index (χ0v) is 15.5. The molecule has 1 aromatic rings. The minimum atomic E-state index is 0. The van der Waals surface area contributed by atoms with E-state index in [2.05, 4.69) is 10.6 Å². The van der Waals surface area contributed by atoms with Crippen LogP contribution in [0.2, 0.25) is 0 Å². The highest BCUT2D eigenvalue weighted by Crippen LogP contribution is 2.21. The minimum Gasteiger partial charge on any atom is -0.337 e. The van der Waals surface area contributed by atoms with Gasteiger partial charge in [0.15, 0.2) is 0 Å². The molecule has 0 spiro atoms. The first-order valence-corrected chi connectivity index (χ1v) is 9.30. The Labute approximate surface area is 153 Å². The van der Waals surface area contributed by atoms with Crippen molar-refractivity contribution in [2.75, 3.05) is 43.0 Å². The van der Waals surface area contributed by atoms with Gasteiger partial charge >= 0.3 is 0 Å². The summed E-state index contributed by atoms with van der Waals surface area (Å²) in [5.74, 6) is 2.11. The second kappa shape index (κ2) is 8.74. The molecule has 2 N–H and O–H groups in total. The Morgan fingerprint density at radius 3 is 2.71 bits per heavy atom. The maximum absolute atomic E-state index is 12.6. The predicted molar refractivity (Wildman–Crippen MR) is 101 cm³/mol. The number of nitrogens with one attached hydrogen (secondary N) is 2. The van der Waals surface area contributed by atoms with Gasteiger partial charge in [0.25, 0.3) is 5.91 Å². The predicted octanol–water partition coefficient (Wildman–Crippen LogP) is 2.15. The molecule has 2 aliphatic heterocycles. The quantitative estimate of drug-likeness (QED) is 0.857. The van der Waals surface area contributed by atoms with E-state index in [0.29, 0.717) is 5.56 Å². The van der Waals surface area contributed by atoms with Crippen LogP contribution in [0.3, 0.4) is 0 Å². The number of aryl methyl sites for hydroxylation is 1. The smallest absolute Gasteiger partial charge is 0.253 e. The molecule has 2 aliphatic rings. The summed E-state index contributed by atoms with van der Waals surface area (Å²) >= 11 is 1.88. The number of hydrogen-bond acceptors (Lipinski definition) is 4. The van der Waals surface area contributed by atoms with Gasteiger partial charge < -0.3 is 15.5 Å². The average molecular weight is 370 g/mol. The number of halogens is 1. The van der Waals surface area contributed by atoms with Crippen molar-refractivity contribution in [2.45, 2.75) is 13.3 Å². The summed E-state index contributed by atoms with van der Waals surface area (Å²) in [6.07, 6.45) is 0.870. The van der Waals surface area contributed by atoms with E-state index >= 15 is 0 Å². The third-order valence-electron chi connectivity index (χ3n) is 4.47. The Morgan fingerprint density at radius 2 is 2.04 bits per heavy atom. The molecule has 0 aromatic heterocycles. The first-order valence-electron chi connectivity index (χ1n) is 8.14. The fourth-order valence-electron chi connectivity index (χ4n) is 2.95. The Hall–Kier alpha value is -1.24. The number of carbonyl (C=O) groups excluding carboxylic acids is 2. The zero-order valence-electron chi connectivity index (χ0n) is 13.8. The summed E-state index contributed by atoms with van der Waals surface area (Å²) in [6, 6.07) is 5.58. The largest absolute Gasteiger partial charge is 0.337 e. The molecule has 132 valence electrons. The molecule has 1 unspecified atom stereocenters. The Kier molecular flexibility index (Phi) is 6.95. The third kappa shape index (κ3) is 4.43. The Balaban J connectivity index is 0.00000208. The summed E-state index contributed by atoms with van der Waals surface area (Å²) in [4.78, 5) is 26.8. The lowest BCUT2D eigenvalue weighted by Gasteiger charge is -2.26. The Bertz CT molecular complexity index is 599. The number of benzene rings is 1. The third-order valence-corrected chi connectivity index (χ3v) is 5.41. The van der Waals surface area contributed by atoms with Gasteiger partial charge in [-0.1, -0.05) is 6.07 Å². The maximum Gasteiger partial charge on any atom is 0.253 e. The lowest BCUT2D eigenvalue weighted by atomic mass is 10.1. The van der Waals surface area contributed by atoms with E-state index in [1.807, 2.05) is 41.8 Å². The van der Waals surface area contributed by atoms with Crippen molar-refractivity contribution >= 4 is 41.7 Å². The highest BCUT2D eigenvalue weighted by Gasteiger charge is 2.23. The van der Waals surface area contributed by atoms with Crippen LogP contribution >= 0.6 is 24.2 Å². The summed E-state index contributed by atoms with van der Waals surface area (Å²) in [7, 11) is 0. The van der Waals surface area contributed by atoms with E-state index < -0.39 is 0 Å². The summed E-state index contributed by atoms with van der Waals surface area (Å²) < 4.78 is 0. The molecular weight excluding hydrogens is 346 g/mol. The average Bonchev–Trinajstić information content (AvgIpc) is 3.11. The number of rotatable bonds is 3. The van der Waals surface area contributed by atoms with E-state index in [0.717, 1.165) is 55.4 Å². The summed E-state index contributed by atoms with van der Waals surface area (Å²) in [5.41, 5.74) is 2.39. The molecule has 1 aromatic carbocycles. The fraction of sp³-hybridized carbons (Fsp3) is 0.529. The van der Waals surface area contributed by atoms with Crippen LogP contribution in [0.4, 0.5) is 5.69 Å². The van der Waals surface area contributed by atoms with Crippen molar-refractivity contribution < 1.29 is 9.59 Å². The molecular formula is C17H24ClN3O2S. The normalized spacial score (nSPS) is 20.4. The van der Waals surface area contributed by atoms with E-state index in [-0.39, 0.29) is 30.1 Å². The molecule has 2 heterocycles. The van der Waals surface area contributed by atoms with Gasteiger partial charge in [-0.15, -0.1) is 12.4 Å². The number of nitrogens with zero attached hydrogens (tertiary/aromatic N) is 1. The maximum atomic E-state index is 12.6. The number of hydrogen-bond donors (Lipinski definition) is 2. The molecule has 2 amide bonds. The molecule has 2 saturated heterocycles. The van der Waals surface area contributed by atoms with Gasteiger partial charge in [-0.2, -0.15) is 11.8 Å². The van der Waals surface area contributed by atoms with Gasteiger partial charge in [0, 0.05) is 42.4 Å². The summed E-state index contributed by atoms with van der Waals surface area (Å²) in [5, 5.41) is 6.20. The van der Waals surface area contributed by atoms with Crippen molar-refractivity contribution in [3.8, 4) is 0 Å². The van der Waals surface area contributed by atoms with Crippen LogP contribution in [0.5, 0.6) is 0 Å². The van der Waals surface area contributed by atoms with Gasteiger partial charge in [-0.05, 0) is 37.6 Å². The second-order valence-corrected chi connectivity index (χ2v) is 7.34. The van der Waals surface area contributed by atoms with Crippen LogP contribution in [0.15, 0.2) is 18.2 Å². The van der Waals surface area contributed by atoms with E-state index in [1.165, 1.54) is 0 Å². The van der Waals surface area contributed by atoms with Gasteiger partial charge in [-0.3, -0.25) is 9.59 Å². The second-order valence-electron chi connectivity index (χ2n) is 6.11. The SMILES string of the molecule is Cc1ccc(C(=O)N2CCSCC2)cc1NC(=O)C1CCNC1.Cl. The topological polar surface area (TPSA) is 61.4 Å². The number of anilines is 1. The summed E-state index contributed by atoms with van der Waals surface area (Å²) in [6.45, 7) is 5.17. The minimum absolute atomic E-state index is 0. The zero-order chi connectivity index (χ0) is 16.2. The number of thioether (sulfide) groups is 1. The molecule has 0 radical (unpaired) electrons. The fourth-order valence-corrected chi connectivity index (χ4v) is 3.86. The van der Waals surface area contributed by atoms with Crippen molar-refractivity contribution in [1.82, 2.24) is 10.2 Å². The van der Waals surface area contributed by atoms with Crippen molar-refractivity contribution in [3.05, 3.63) is 29.3 Å². The van der Waals surface area contributed by atoms with Crippen LogP contribution in [0.1, 0.15) is 22.3 Å². The first kappa shape index (κ1) is 19.1. The molecule has 0 aliphatic carbocycles. The molecule has 0 saturated carbocycles. The molecule has 0 bridgehead atoms. The van der Waals surface area contributed by atoms with Crippen molar-refractivity contribution in [3.63, 3.8) is 0 Å². The molecule has 3 rings (SSSR count). The van der Waals surface area contributed by atoms with Crippen molar-refractivity contribution in [1.29, 1.82) is 0 Å². The first-order chi connectivity index (χ1) is 11.1. The molecule has 2 fully saturated rings. The van der Waals surface area contributed by atoms with Crippen LogP contribution in [-0.2, 0) is 4.79 Å². The van der Waals surface area contributed by atoms with Crippen LogP contribution in [-0.4, -0.2) is 54.4 Å². The van der Waals surface area contributed by atoms with Gasteiger partial charge in [-0.25, -0.2) is 0 Å². The van der Waals surface area contributed by atoms with Crippen LogP contribution < -0.4 is 10.6 Å². The molecule has 24 heavy (non-hydrogen) atoms. The number of carbonyl (C=O) groups is 2. The van der Waals surface area contributed by atoms with E-state index in [4.69, 9.17) is 0 Å². The van der Waals surface area contributed by atoms with E-state index in [1.54, 1.807) is 0 Å². The van der Waals surface area contributed by atoms with Gasteiger partial charge in [0.05, 0.1) is 5.92 Å². The molecule has 5 nitrogen and oxygen atoms in total. The van der Waals surface area contributed by atoms with Crippen LogP contribution in [0.25, 0.3) is 0 Å². The lowest BCUT2D eigenvalue weighted by molar-refractivity contribution is -0.119. The molecule has 7 heteroatoms. The van der Waals surface area contributed by atoms with Gasteiger partial charge in [0.2, 0.25) is 5.91 Å². The van der Waals surface area contributed by atoms with E-state index in [9.17, 15) is 9.59 Å². The molecule has 1 atom stereocenters. The number of amides is 2. The standard InChI is InChI=1S/C17H23N3O2S.ClH/c1-12-2-3-13(17(22)20-6-8-23-9-7-20)10-15(12)19-16(21)14-4-5-18-11-14;/h2-3,10,14,18H,4-9,11H2,1H3,(H,19,21);1H.